The van der Waals surface area contributed by atoms with Crippen molar-refractivity contribution in [3.63, 3.8) is 0 Å². The quantitative estimate of drug-likeness (QED) is 0.886. The smallest absolute Gasteiger partial charge is 0.0980 e. The van der Waals surface area contributed by atoms with Crippen LogP contribution in [0.1, 0.15) is 0 Å². The van der Waals surface area contributed by atoms with E-state index in [1.807, 2.05) is 12.1 Å². The SMILES string of the molecule is OCC1CN(c2cc(Cl)cc(Cl)c2)CCO1. The molecule has 1 heterocycles. The van der Waals surface area contributed by atoms with Crippen LogP contribution in [-0.4, -0.2) is 37.5 Å². The molecule has 1 aromatic rings. The molecule has 16 heavy (non-hydrogen) atoms. The molecule has 1 atom stereocenters. The molecule has 1 fully saturated rings. The molecule has 0 aromatic heterocycles. The van der Waals surface area contributed by atoms with E-state index in [1.54, 1.807) is 6.07 Å². The molecule has 1 aliphatic rings. The van der Waals surface area contributed by atoms with Gasteiger partial charge in [0.15, 0.2) is 0 Å². The first-order valence-electron chi connectivity index (χ1n) is 5.12. The van der Waals surface area contributed by atoms with Gasteiger partial charge in [-0.1, -0.05) is 23.2 Å². The Morgan fingerprint density at radius 3 is 2.62 bits per heavy atom. The van der Waals surface area contributed by atoms with Gasteiger partial charge in [-0.2, -0.15) is 0 Å². The van der Waals surface area contributed by atoms with Crippen molar-refractivity contribution in [3.05, 3.63) is 28.2 Å². The molecule has 0 radical (unpaired) electrons. The van der Waals surface area contributed by atoms with Crippen LogP contribution >= 0.6 is 23.2 Å². The van der Waals surface area contributed by atoms with Crippen LogP contribution in [-0.2, 0) is 4.74 Å². The van der Waals surface area contributed by atoms with Crippen molar-refractivity contribution >= 4 is 28.9 Å². The molecule has 2 rings (SSSR count). The topological polar surface area (TPSA) is 32.7 Å². The Labute approximate surface area is 105 Å². The van der Waals surface area contributed by atoms with Crippen molar-refractivity contribution < 1.29 is 9.84 Å². The molecule has 0 spiro atoms. The van der Waals surface area contributed by atoms with Gasteiger partial charge in [-0.25, -0.2) is 0 Å². The molecular formula is C11H13Cl2NO2. The summed E-state index contributed by atoms with van der Waals surface area (Å²) >= 11 is 11.9. The summed E-state index contributed by atoms with van der Waals surface area (Å²) in [6.07, 6.45) is -0.133. The van der Waals surface area contributed by atoms with Gasteiger partial charge in [0.1, 0.15) is 0 Å². The van der Waals surface area contributed by atoms with Gasteiger partial charge in [0.2, 0.25) is 0 Å². The fraction of sp³-hybridized carbons (Fsp3) is 0.455. The summed E-state index contributed by atoms with van der Waals surface area (Å²) in [7, 11) is 0. The Hall–Kier alpha value is -0.480. The van der Waals surface area contributed by atoms with E-state index in [9.17, 15) is 0 Å². The van der Waals surface area contributed by atoms with Gasteiger partial charge in [-0.15, -0.1) is 0 Å². The summed E-state index contributed by atoms with van der Waals surface area (Å²) in [4.78, 5) is 2.11. The Balaban J connectivity index is 2.16. The molecule has 0 aliphatic carbocycles. The van der Waals surface area contributed by atoms with Crippen LogP contribution in [0.25, 0.3) is 0 Å². The molecule has 1 saturated heterocycles. The van der Waals surface area contributed by atoms with Crippen LogP contribution in [0.4, 0.5) is 5.69 Å². The van der Waals surface area contributed by atoms with Gasteiger partial charge in [0, 0.05) is 28.8 Å². The van der Waals surface area contributed by atoms with Crippen molar-refractivity contribution in [1.82, 2.24) is 0 Å². The van der Waals surface area contributed by atoms with Gasteiger partial charge in [-0.3, -0.25) is 0 Å². The Morgan fingerprint density at radius 2 is 2.00 bits per heavy atom. The third kappa shape index (κ3) is 2.80. The molecule has 1 aliphatic heterocycles. The zero-order valence-electron chi connectivity index (χ0n) is 8.70. The van der Waals surface area contributed by atoms with Crippen molar-refractivity contribution in [2.75, 3.05) is 31.2 Å². The number of hydrogen-bond donors (Lipinski definition) is 1. The highest BCUT2D eigenvalue weighted by atomic mass is 35.5. The van der Waals surface area contributed by atoms with Crippen molar-refractivity contribution in [1.29, 1.82) is 0 Å². The highest BCUT2D eigenvalue weighted by Crippen LogP contribution is 2.26. The highest BCUT2D eigenvalue weighted by molar-refractivity contribution is 6.35. The predicted octanol–water partition coefficient (Wildman–Crippen LogP) is 2.19. The maximum Gasteiger partial charge on any atom is 0.0980 e. The number of rotatable bonds is 2. The Bertz CT molecular complexity index is 353. The third-order valence-electron chi connectivity index (χ3n) is 2.55. The first-order chi connectivity index (χ1) is 7.69. The van der Waals surface area contributed by atoms with Gasteiger partial charge in [0.05, 0.1) is 19.3 Å². The summed E-state index contributed by atoms with van der Waals surface area (Å²) < 4.78 is 5.38. The lowest BCUT2D eigenvalue weighted by Crippen LogP contribution is -2.44. The van der Waals surface area contributed by atoms with Crippen LogP contribution in [0.5, 0.6) is 0 Å². The Kier molecular flexibility index (Phi) is 3.92. The monoisotopic (exact) mass is 261 g/mol. The van der Waals surface area contributed by atoms with Gasteiger partial charge in [0.25, 0.3) is 0 Å². The fourth-order valence-corrected chi connectivity index (χ4v) is 2.30. The minimum absolute atomic E-state index is 0.0325. The number of ether oxygens (including phenoxy) is 1. The first kappa shape index (κ1) is 12.0. The first-order valence-corrected chi connectivity index (χ1v) is 5.88. The van der Waals surface area contributed by atoms with E-state index in [0.29, 0.717) is 23.2 Å². The molecule has 88 valence electrons. The summed E-state index contributed by atoms with van der Waals surface area (Å²) in [5.41, 5.74) is 0.972. The van der Waals surface area contributed by atoms with E-state index in [0.717, 1.165) is 12.2 Å². The lowest BCUT2D eigenvalue weighted by Gasteiger charge is -2.33. The largest absolute Gasteiger partial charge is 0.394 e. The Morgan fingerprint density at radius 1 is 1.31 bits per heavy atom. The molecule has 0 saturated carbocycles. The minimum Gasteiger partial charge on any atom is -0.394 e. The lowest BCUT2D eigenvalue weighted by molar-refractivity contribution is 0.00357. The van der Waals surface area contributed by atoms with Crippen LogP contribution in [0, 0.1) is 0 Å². The maximum absolute atomic E-state index is 9.06. The average Bonchev–Trinajstić information content (AvgIpc) is 2.28. The van der Waals surface area contributed by atoms with Crippen LogP contribution < -0.4 is 4.90 Å². The second-order valence-corrected chi connectivity index (χ2v) is 4.62. The van der Waals surface area contributed by atoms with Crippen LogP contribution in [0.2, 0.25) is 10.0 Å². The number of aliphatic hydroxyl groups excluding tert-OH is 1. The summed E-state index contributed by atoms with van der Waals surface area (Å²) in [5, 5.41) is 10.3. The van der Waals surface area contributed by atoms with Crippen molar-refractivity contribution in [2.24, 2.45) is 0 Å². The molecule has 0 bridgehead atoms. The van der Waals surface area contributed by atoms with E-state index in [1.165, 1.54) is 0 Å². The number of halogens is 2. The zero-order valence-corrected chi connectivity index (χ0v) is 10.2. The highest BCUT2D eigenvalue weighted by Gasteiger charge is 2.20. The van der Waals surface area contributed by atoms with E-state index < -0.39 is 0 Å². The normalized spacial score (nSPS) is 21.2. The third-order valence-corrected chi connectivity index (χ3v) is 2.99. The van der Waals surface area contributed by atoms with Crippen LogP contribution in [0.3, 0.4) is 0 Å². The fourth-order valence-electron chi connectivity index (χ4n) is 1.79. The van der Waals surface area contributed by atoms with Gasteiger partial charge < -0.3 is 14.7 Å². The average molecular weight is 262 g/mol. The summed E-state index contributed by atoms with van der Waals surface area (Å²) in [6.45, 7) is 2.08. The number of benzene rings is 1. The van der Waals surface area contributed by atoms with Crippen LogP contribution in [0.15, 0.2) is 18.2 Å². The number of anilines is 1. The molecule has 1 N–H and O–H groups in total. The molecule has 3 nitrogen and oxygen atoms in total. The number of aliphatic hydroxyl groups is 1. The number of morpholine rings is 1. The standard InChI is InChI=1S/C11H13Cl2NO2/c12-8-3-9(13)5-10(4-8)14-1-2-16-11(6-14)7-15/h3-5,11,15H,1-2,6-7H2. The second-order valence-electron chi connectivity index (χ2n) is 3.75. The molecule has 5 heteroatoms. The summed E-state index contributed by atoms with van der Waals surface area (Å²) in [5.74, 6) is 0. The van der Waals surface area contributed by atoms with E-state index in [-0.39, 0.29) is 12.7 Å². The maximum atomic E-state index is 9.06. The minimum atomic E-state index is -0.133. The molecule has 1 unspecified atom stereocenters. The number of nitrogens with zero attached hydrogens (tertiary/aromatic N) is 1. The van der Waals surface area contributed by atoms with Crippen molar-refractivity contribution in [2.45, 2.75) is 6.10 Å². The summed E-state index contributed by atoms with van der Waals surface area (Å²) in [6, 6.07) is 5.44. The predicted molar refractivity (Wildman–Crippen MR) is 65.5 cm³/mol. The molecular weight excluding hydrogens is 249 g/mol. The molecule has 1 aromatic carbocycles. The second kappa shape index (κ2) is 5.23. The van der Waals surface area contributed by atoms with Gasteiger partial charge in [-0.05, 0) is 18.2 Å². The van der Waals surface area contributed by atoms with Gasteiger partial charge >= 0.3 is 0 Å². The van der Waals surface area contributed by atoms with E-state index >= 15 is 0 Å². The number of hydrogen-bond acceptors (Lipinski definition) is 3. The van der Waals surface area contributed by atoms with E-state index in [2.05, 4.69) is 4.90 Å². The zero-order chi connectivity index (χ0) is 11.5. The lowest BCUT2D eigenvalue weighted by atomic mass is 10.2. The van der Waals surface area contributed by atoms with E-state index in [4.69, 9.17) is 33.0 Å². The molecule has 0 amide bonds. The van der Waals surface area contributed by atoms with Crippen molar-refractivity contribution in [3.8, 4) is 0 Å².